The second kappa shape index (κ2) is 17.6. The Morgan fingerprint density at radius 1 is 0.220 bits per heavy atom. The molecule has 18 heterocycles. The Bertz CT molecular complexity index is 3980. The van der Waals surface area contributed by atoms with Gasteiger partial charge >= 0.3 is 30.8 Å². The predicted octanol–water partition coefficient (Wildman–Crippen LogP) is 4.08. The number of benzene rings is 4. The maximum atomic E-state index is 2.39. The number of rotatable bonds is 0. The largest absolute Gasteiger partial charge is 0.600 e. The summed E-state index contributed by atoms with van der Waals surface area (Å²) in [6.07, 6.45) is 26.2. The Kier molecular flexibility index (Phi) is 9.82. The first-order valence-electron chi connectivity index (χ1n) is 28.8. The van der Waals surface area contributed by atoms with E-state index in [0.29, 0.717) is 0 Å². The summed E-state index contributed by atoms with van der Waals surface area (Å²) in [5, 5.41) is 0. The minimum absolute atomic E-state index is 0.937. The SMILES string of the molecule is c1c[n+]2c3[n+](c1)C[n+]1ccc[n+](c1-3)C2.c1cc2c3[n+](c1)Cc1ccc[n+](c1-3)C2.c1cc2c3c(c1)C[n+]1ccc[n+](c1-3)C2.c1cc[n+]2c(c1)-c1cc3c(cc1C2)-c1cccc[n+]1C3.c1ccc2c(c1)C[n+]1cc3[n+](cc1-2)Cc1ccccc1-3. The van der Waals surface area contributed by atoms with Gasteiger partial charge < -0.3 is 0 Å². The van der Waals surface area contributed by atoms with E-state index < -0.39 is 0 Å². The van der Waals surface area contributed by atoms with E-state index in [1.165, 1.54) is 124 Å². The van der Waals surface area contributed by atoms with E-state index in [2.05, 4.69) is 287 Å². The molecule has 8 aromatic heterocycles. The molecule has 82 heavy (non-hydrogen) atoms. The number of fused-ring (bicyclic) bond motifs is 12. The number of pyridine rings is 4. The standard InChI is InChI=1S/2C18H14N2.2C12H10N2.C10H10N4/c1-3-7-19-11-13-10-16-14(9-15(13)17(19)5-1)12-20-8-4-2-6-18(16)20;1-3-7-15-13(5-1)9-19-12-18-16-8-4-2-6-14(16)10-20(18)11-17(15)19;1-3-9-7-14-6-2-4-10-8-13(5-1)11(9)12(10)14;1-3-9-7-13-5-2-6-14-8-10(4-1)11(9)12(13)14;1-3-11-7-13-5-2-6-14-8-12(4-1)9(11)10(13)14/h1-10H,11-12H2;1-8,11-12H,9-10H2;3*1-6H,7-8H2/q4*+2;+4. The second-order valence-corrected chi connectivity index (χ2v) is 23.0. The molecule has 12 nitrogen and oxygen atoms in total. The van der Waals surface area contributed by atoms with Crippen molar-refractivity contribution in [1.82, 2.24) is 0 Å². The van der Waals surface area contributed by atoms with Crippen LogP contribution in [0.15, 0.2) is 232 Å². The van der Waals surface area contributed by atoms with E-state index in [0.717, 1.165) is 65.7 Å². The van der Waals surface area contributed by atoms with Gasteiger partial charge in [-0.3, -0.25) is 0 Å². The normalized spacial score (nSPS) is 14.1. The third kappa shape index (κ3) is 6.96. The van der Waals surface area contributed by atoms with Crippen LogP contribution in [-0.4, -0.2) is 0 Å². The van der Waals surface area contributed by atoms with Crippen LogP contribution in [0.2, 0.25) is 0 Å². The first-order valence-corrected chi connectivity index (χ1v) is 28.8. The van der Waals surface area contributed by atoms with Crippen molar-refractivity contribution in [3.8, 4) is 79.5 Å². The van der Waals surface area contributed by atoms with Gasteiger partial charge in [-0.2, -0.15) is 27.4 Å². The third-order valence-electron chi connectivity index (χ3n) is 18.3. The van der Waals surface area contributed by atoms with Gasteiger partial charge in [0.15, 0.2) is 114 Å². The van der Waals surface area contributed by atoms with Gasteiger partial charge in [-0.1, -0.05) is 72.9 Å². The van der Waals surface area contributed by atoms with Crippen LogP contribution >= 0.6 is 0 Å². The zero-order valence-electron chi connectivity index (χ0n) is 45.4. The van der Waals surface area contributed by atoms with E-state index in [4.69, 9.17) is 0 Å². The Morgan fingerprint density at radius 2 is 0.585 bits per heavy atom. The molecule has 10 aliphatic heterocycles. The molecule has 386 valence electrons. The lowest BCUT2D eigenvalue weighted by molar-refractivity contribution is -0.970. The molecule has 0 spiro atoms. The van der Waals surface area contributed by atoms with Crippen LogP contribution in [0.1, 0.15) is 44.5 Å². The molecule has 0 fully saturated rings. The first-order chi connectivity index (χ1) is 40.6. The highest BCUT2D eigenvalue weighted by molar-refractivity contribution is 5.74. The van der Waals surface area contributed by atoms with Gasteiger partial charge in [0.05, 0.1) is 51.6 Å². The quantitative estimate of drug-likeness (QED) is 0.206. The average molecular weight is 1070 g/mol. The number of aromatic nitrogens is 12. The van der Waals surface area contributed by atoms with Crippen LogP contribution in [0, 0.1) is 0 Å². The van der Waals surface area contributed by atoms with Crippen molar-refractivity contribution in [2.24, 2.45) is 0 Å². The molecule has 0 radical (unpaired) electrons. The van der Waals surface area contributed by atoms with Crippen LogP contribution < -0.4 is 54.8 Å². The second-order valence-electron chi connectivity index (χ2n) is 23.0. The molecule has 0 bridgehead atoms. The summed E-state index contributed by atoms with van der Waals surface area (Å²) in [5.74, 6) is 4.01. The van der Waals surface area contributed by atoms with Crippen molar-refractivity contribution >= 4 is 0 Å². The Labute approximate surface area is 474 Å². The number of nitrogens with zero attached hydrogens (tertiary/aromatic N) is 12. The minimum atomic E-state index is 0.937. The molecule has 22 rings (SSSR count). The van der Waals surface area contributed by atoms with Gasteiger partial charge in [0, 0.05) is 69.8 Å². The maximum Gasteiger partial charge on any atom is 0.600 e. The molecular formula is C70H58N12+12. The van der Waals surface area contributed by atoms with Gasteiger partial charge in [0.2, 0.25) is 23.8 Å². The first kappa shape index (κ1) is 45.6. The van der Waals surface area contributed by atoms with Crippen LogP contribution in [0.25, 0.3) is 79.5 Å². The van der Waals surface area contributed by atoms with Crippen molar-refractivity contribution in [1.29, 1.82) is 0 Å². The van der Waals surface area contributed by atoms with Crippen molar-refractivity contribution in [2.75, 3.05) is 0 Å². The van der Waals surface area contributed by atoms with Crippen LogP contribution in [0.4, 0.5) is 0 Å². The zero-order valence-corrected chi connectivity index (χ0v) is 45.4. The van der Waals surface area contributed by atoms with Crippen molar-refractivity contribution < 1.29 is 54.8 Å². The summed E-state index contributed by atoms with van der Waals surface area (Å²) in [5.41, 5.74) is 26.8. The molecule has 12 heteroatoms. The fourth-order valence-electron chi connectivity index (χ4n) is 14.7. The zero-order chi connectivity index (χ0) is 53.6. The van der Waals surface area contributed by atoms with E-state index in [9.17, 15) is 0 Å². The van der Waals surface area contributed by atoms with E-state index in [1.807, 2.05) is 0 Å². The van der Waals surface area contributed by atoms with Crippen LogP contribution in [0.5, 0.6) is 0 Å². The van der Waals surface area contributed by atoms with Crippen LogP contribution in [-0.2, 0) is 65.7 Å². The molecule has 4 aromatic carbocycles. The van der Waals surface area contributed by atoms with E-state index >= 15 is 0 Å². The van der Waals surface area contributed by atoms with E-state index in [1.54, 1.807) is 0 Å². The summed E-state index contributed by atoms with van der Waals surface area (Å²) in [6.45, 7) is 10.00. The fraction of sp³-hybridized carbons (Fsp3) is 0.143. The lowest BCUT2D eigenvalue weighted by Gasteiger charge is -1.98. The minimum Gasteiger partial charge on any atom is -0.194 e. The molecule has 0 N–H and O–H groups in total. The molecule has 0 unspecified atom stereocenters. The van der Waals surface area contributed by atoms with Crippen LogP contribution in [0.3, 0.4) is 0 Å². The van der Waals surface area contributed by atoms with Crippen molar-refractivity contribution in [3.63, 3.8) is 0 Å². The molecule has 0 amide bonds. The lowest BCUT2D eigenvalue weighted by Crippen LogP contribution is -2.56. The summed E-state index contributed by atoms with van der Waals surface area (Å²) in [7, 11) is 0. The van der Waals surface area contributed by atoms with Gasteiger partial charge in [-0.25, -0.2) is 0 Å². The molecule has 12 aromatic rings. The summed E-state index contributed by atoms with van der Waals surface area (Å²) >= 11 is 0. The molecular weight excluding hydrogens is 1010 g/mol. The highest BCUT2D eigenvalue weighted by Crippen LogP contribution is 2.37. The van der Waals surface area contributed by atoms with Crippen molar-refractivity contribution in [2.45, 2.75) is 65.7 Å². The molecule has 0 saturated carbocycles. The van der Waals surface area contributed by atoms with Crippen molar-refractivity contribution in [3.05, 3.63) is 277 Å². The Balaban J connectivity index is 0.0000000794. The Hall–Kier alpha value is -10.2. The van der Waals surface area contributed by atoms with Gasteiger partial charge in [0.25, 0.3) is 22.8 Å². The third-order valence-corrected chi connectivity index (χ3v) is 18.3. The van der Waals surface area contributed by atoms with Gasteiger partial charge in [-0.05, 0) is 48.5 Å². The average Bonchev–Trinajstić information content (AvgIpc) is 4.57. The summed E-state index contributed by atoms with van der Waals surface area (Å²) < 4.78 is 27.9. The molecule has 0 atom stereocenters. The number of hydrogen-bond donors (Lipinski definition) is 0. The summed E-state index contributed by atoms with van der Waals surface area (Å²) in [6, 6.07) is 56.8. The lowest BCUT2D eigenvalue weighted by atomic mass is 9.98. The molecule has 0 saturated heterocycles. The molecule has 0 aliphatic carbocycles. The van der Waals surface area contributed by atoms with Gasteiger partial charge in [0.1, 0.15) is 5.56 Å². The smallest absolute Gasteiger partial charge is 0.194 e. The highest BCUT2D eigenvalue weighted by Gasteiger charge is 2.58. The fourth-order valence-corrected chi connectivity index (χ4v) is 14.7. The topological polar surface area (TPSA) is 46.6 Å². The molecule has 10 aliphatic rings. The maximum absolute atomic E-state index is 2.39. The predicted molar refractivity (Wildman–Crippen MR) is 296 cm³/mol. The number of hydrogen-bond acceptors (Lipinski definition) is 0. The monoisotopic (exact) mass is 1070 g/mol. The van der Waals surface area contributed by atoms with E-state index in [-0.39, 0.29) is 0 Å². The van der Waals surface area contributed by atoms with Gasteiger partial charge in [-0.15, -0.1) is 9.13 Å². The summed E-state index contributed by atoms with van der Waals surface area (Å²) in [4.78, 5) is 0. The highest BCUT2D eigenvalue weighted by atomic mass is 15.4. The Morgan fingerprint density at radius 3 is 1.07 bits per heavy atom.